The Morgan fingerprint density at radius 1 is 1.05 bits per heavy atom. The van der Waals surface area contributed by atoms with Gasteiger partial charge in [0.25, 0.3) is 0 Å². The zero-order valence-corrected chi connectivity index (χ0v) is 23.8. The Morgan fingerprint density at radius 3 is 2.50 bits per heavy atom. The Kier molecular flexibility index (Phi) is 8.14. The average molecular weight is 619 g/mol. The van der Waals surface area contributed by atoms with E-state index in [9.17, 15) is 26.0 Å². The smallest absolute Gasteiger partial charge is 0.234 e. The summed E-state index contributed by atoms with van der Waals surface area (Å²) in [5.41, 5.74) is -0.404. The lowest BCUT2D eigenvalue weighted by atomic mass is 9.75. The van der Waals surface area contributed by atoms with Crippen LogP contribution in [0.25, 0.3) is 0 Å². The number of ether oxygens (including phenoxy) is 2. The second kappa shape index (κ2) is 11.2. The fourth-order valence-corrected chi connectivity index (χ4v) is 9.69. The number of fused-ring (bicyclic) bond motifs is 3. The van der Waals surface area contributed by atoms with Crippen molar-refractivity contribution >= 4 is 37.2 Å². The van der Waals surface area contributed by atoms with E-state index in [2.05, 4.69) is 5.32 Å². The van der Waals surface area contributed by atoms with Crippen LogP contribution >= 0.6 is 11.6 Å². The van der Waals surface area contributed by atoms with Crippen LogP contribution in [-0.2, 0) is 34.0 Å². The Balaban J connectivity index is 1.46. The summed E-state index contributed by atoms with van der Waals surface area (Å²) in [7, 11) is -8.00. The zero-order chi connectivity index (χ0) is 28.7. The molecule has 0 spiro atoms. The number of carbonyl (C=O) groups is 1. The minimum absolute atomic E-state index is 0.0685. The van der Waals surface area contributed by atoms with Crippen LogP contribution < -0.4 is 10.1 Å². The maximum atomic E-state index is 15.5. The molecule has 40 heavy (non-hydrogen) atoms. The van der Waals surface area contributed by atoms with Crippen LogP contribution in [0.4, 0.5) is 8.78 Å². The molecule has 14 heteroatoms. The maximum Gasteiger partial charge on any atom is 0.234 e. The molecule has 0 saturated carbocycles. The number of rotatable bonds is 8. The van der Waals surface area contributed by atoms with Crippen molar-refractivity contribution in [2.45, 2.75) is 28.6 Å². The van der Waals surface area contributed by atoms with E-state index in [0.717, 1.165) is 12.1 Å². The Bertz CT molecular complexity index is 1510. The number of nitrogens with zero attached hydrogens (tertiary/aromatic N) is 1. The maximum absolute atomic E-state index is 15.5. The van der Waals surface area contributed by atoms with Gasteiger partial charge in [-0.15, -0.1) is 0 Å². The summed E-state index contributed by atoms with van der Waals surface area (Å²) >= 11 is 5.98. The molecule has 0 unspecified atom stereocenters. The third-order valence-corrected chi connectivity index (χ3v) is 12.4. The van der Waals surface area contributed by atoms with Crippen LogP contribution in [0.1, 0.15) is 18.4 Å². The minimum Gasteiger partial charge on any atom is -0.490 e. The molecule has 2 aromatic carbocycles. The molecule has 3 atom stereocenters. The number of hydrogen-bond donors (Lipinski definition) is 1. The van der Waals surface area contributed by atoms with Gasteiger partial charge >= 0.3 is 0 Å². The average Bonchev–Trinajstić information content (AvgIpc) is 2.92. The van der Waals surface area contributed by atoms with Crippen molar-refractivity contribution in [2.75, 3.05) is 50.9 Å². The number of nitrogens with one attached hydrogen (secondary N) is 1. The molecule has 0 radical (unpaired) electrons. The predicted octanol–water partition coefficient (Wildman–Crippen LogP) is 2.32. The molecule has 5 rings (SSSR count). The SMILES string of the molecule is O=C1CN(CCS(=O)(=O)CC[C@@H]2OCC[C@@]3(S(=O)(=O)c4ccc(Cl)cc4)c4c(F)ccc(F)c4OC[C@@H]23)CCN1. The van der Waals surface area contributed by atoms with Crippen LogP contribution in [0.3, 0.4) is 0 Å². The number of halogens is 3. The van der Waals surface area contributed by atoms with E-state index >= 15 is 4.39 Å². The lowest BCUT2D eigenvalue weighted by Gasteiger charge is -2.50. The number of hydrogen-bond acceptors (Lipinski definition) is 8. The topological polar surface area (TPSA) is 119 Å². The van der Waals surface area contributed by atoms with Crippen LogP contribution in [0.2, 0.25) is 5.02 Å². The highest BCUT2D eigenvalue weighted by Gasteiger charge is 2.61. The third kappa shape index (κ3) is 5.34. The Hall–Kier alpha value is -2.32. The van der Waals surface area contributed by atoms with Gasteiger partial charge in [0.15, 0.2) is 31.2 Å². The van der Waals surface area contributed by atoms with Crippen molar-refractivity contribution in [3.8, 4) is 5.75 Å². The van der Waals surface area contributed by atoms with E-state index < -0.39 is 59.4 Å². The van der Waals surface area contributed by atoms with E-state index in [1.807, 2.05) is 0 Å². The fourth-order valence-electron chi connectivity index (χ4n) is 5.88. The van der Waals surface area contributed by atoms with E-state index in [-0.39, 0.29) is 61.5 Å². The molecule has 0 aliphatic carbocycles. The molecule has 1 N–H and O–H groups in total. The Labute approximate surface area is 236 Å². The van der Waals surface area contributed by atoms with Crippen LogP contribution in [0, 0.1) is 17.6 Å². The highest BCUT2D eigenvalue weighted by Crippen LogP contribution is 2.55. The van der Waals surface area contributed by atoms with E-state index in [1.54, 1.807) is 4.90 Å². The number of sulfone groups is 2. The molecule has 2 saturated heterocycles. The summed E-state index contributed by atoms with van der Waals surface area (Å²) in [5, 5.41) is 2.99. The molecule has 1 amide bonds. The highest BCUT2D eigenvalue weighted by atomic mass is 35.5. The fraction of sp³-hybridized carbons (Fsp3) is 0.500. The molecule has 0 aromatic heterocycles. The van der Waals surface area contributed by atoms with Gasteiger partial charge in [0.1, 0.15) is 10.6 Å². The van der Waals surface area contributed by atoms with Crippen LogP contribution in [0.5, 0.6) is 5.75 Å². The number of piperazine rings is 1. The summed E-state index contributed by atoms with van der Waals surface area (Å²) in [6, 6.07) is 7.17. The molecule has 218 valence electrons. The molecule has 3 heterocycles. The minimum atomic E-state index is -4.39. The van der Waals surface area contributed by atoms with Crippen molar-refractivity contribution in [3.63, 3.8) is 0 Å². The second-order valence-corrected chi connectivity index (χ2v) is 15.2. The Morgan fingerprint density at radius 2 is 1.77 bits per heavy atom. The number of benzene rings is 2. The van der Waals surface area contributed by atoms with Crippen LogP contribution in [-0.4, -0.2) is 84.6 Å². The molecular weight excluding hydrogens is 590 g/mol. The lowest BCUT2D eigenvalue weighted by molar-refractivity contribution is -0.124. The van der Waals surface area contributed by atoms with Gasteiger partial charge < -0.3 is 14.8 Å². The molecule has 2 fully saturated rings. The second-order valence-electron chi connectivity index (χ2n) is 10.2. The van der Waals surface area contributed by atoms with Gasteiger partial charge in [-0.25, -0.2) is 25.6 Å². The largest absolute Gasteiger partial charge is 0.490 e. The highest BCUT2D eigenvalue weighted by molar-refractivity contribution is 7.92. The molecule has 3 aliphatic heterocycles. The van der Waals surface area contributed by atoms with Gasteiger partial charge in [-0.05, 0) is 49.2 Å². The standard InChI is InChI=1S/C26H29ClF2N2O7S2/c27-17-1-3-18(4-2-17)40(35,36)26-8-12-37-22(19(26)16-38-25-21(29)6-5-20(28)24(25)26)7-13-39(33,34)14-11-31-10-9-30-23(32)15-31/h1-6,19,22H,7-16H2,(H,30,32)/t19-,22-,26-/m0/s1. The first-order valence-corrected chi connectivity index (χ1v) is 16.6. The molecule has 9 nitrogen and oxygen atoms in total. The number of amides is 1. The molecular formula is C26H29ClF2N2O7S2. The van der Waals surface area contributed by atoms with E-state index in [4.69, 9.17) is 21.1 Å². The van der Waals surface area contributed by atoms with Crippen LogP contribution in [0.15, 0.2) is 41.3 Å². The van der Waals surface area contributed by atoms with Gasteiger partial charge in [0, 0.05) is 37.2 Å². The van der Waals surface area contributed by atoms with Gasteiger partial charge in [0.05, 0.1) is 41.2 Å². The zero-order valence-electron chi connectivity index (χ0n) is 21.4. The van der Waals surface area contributed by atoms with Gasteiger partial charge in [-0.1, -0.05) is 11.6 Å². The first kappa shape index (κ1) is 29.2. The predicted molar refractivity (Wildman–Crippen MR) is 143 cm³/mol. The number of carbonyl (C=O) groups excluding carboxylic acids is 1. The molecule has 0 bridgehead atoms. The van der Waals surface area contributed by atoms with Gasteiger partial charge in [-0.3, -0.25) is 9.69 Å². The van der Waals surface area contributed by atoms with E-state index in [0.29, 0.717) is 18.1 Å². The van der Waals surface area contributed by atoms with Crippen molar-refractivity contribution in [1.29, 1.82) is 0 Å². The quantitative estimate of drug-likeness (QED) is 0.479. The molecule has 2 aromatic rings. The monoisotopic (exact) mass is 618 g/mol. The van der Waals surface area contributed by atoms with E-state index in [1.165, 1.54) is 24.3 Å². The third-order valence-electron chi connectivity index (χ3n) is 7.90. The normalized spacial score (nSPS) is 25.4. The van der Waals surface area contributed by atoms with Crippen molar-refractivity contribution in [3.05, 3.63) is 58.6 Å². The first-order chi connectivity index (χ1) is 18.9. The van der Waals surface area contributed by atoms with Gasteiger partial charge in [0.2, 0.25) is 5.91 Å². The van der Waals surface area contributed by atoms with Crippen molar-refractivity contribution in [1.82, 2.24) is 10.2 Å². The van der Waals surface area contributed by atoms with Gasteiger partial charge in [-0.2, -0.15) is 0 Å². The summed E-state index contributed by atoms with van der Waals surface area (Å²) in [4.78, 5) is 13.2. The first-order valence-electron chi connectivity index (χ1n) is 12.9. The summed E-state index contributed by atoms with van der Waals surface area (Å²) in [6.45, 7) is 0.853. The lowest BCUT2D eigenvalue weighted by Crippen LogP contribution is -2.57. The van der Waals surface area contributed by atoms with Crippen molar-refractivity contribution in [2.24, 2.45) is 5.92 Å². The summed E-state index contributed by atoms with van der Waals surface area (Å²) in [5.74, 6) is -3.98. The molecule has 3 aliphatic rings. The summed E-state index contributed by atoms with van der Waals surface area (Å²) < 4.78 is 94.4. The van der Waals surface area contributed by atoms with Crippen molar-refractivity contribution < 1.29 is 39.9 Å². The summed E-state index contributed by atoms with van der Waals surface area (Å²) in [6.07, 6.45) is -1.18.